The van der Waals surface area contributed by atoms with Crippen LogP contribution in [0.15, 0.2) is 42.6 Å². The number of nitrogens with two attached hydrogens (primary N) is 1. The van der Waals surface area contributed by atoms with Crippen LogP contribution in [0.1, 0.15) is 36.8 Å². The van der Waals surface area contributed by atoms with Crippen molar-refractivity contribution in [2.75, 3.05) is 19.0 Å². The minimum atomic E-state index is -0.316. The summed E-state index contributed by atoms with van der Waals surface area (Å²) in [7, 11) is 1.60. The SMILES string of the molecule is COc1ccc2ncc(F)c(C[C@H](N)[C@H]3CC[C@H](NCc4ccc5c(c4)NC(=O)CO5)CC3)c2c1. The molecular weight excluding hydrogens is 447 g/mol. The lowest BCUT2D eigenvalue weighted by Crippen LogP contribution is -2.39. The number of ether oxygens (including phenoxy) is 2. The van der Waals surface area contributed by atoms with E-state index in [9.17, 15) is 9.18 Å². The summed E-state index contributed by atoms with van der Waals surface area (Å²) in [6.45, 7) is 0.786. The number of methoxy groups -OCH3 is 1. The molecule has 1 aliphatic carbocycles. The molecule has 1 atom stereocenters. The average Bonchev–Trinajstić information content (AvgIpc) is 2.88. The van der Waals surface area contributed by atoms with Gasteiger partial charge in [0.2, 0.25) is 0 Å². The first kappa shape index (κ1) is 23.5. The van der Waals surface area contributed by atoms with Crippen LogP contribution in [-0.2, 0) is 17.8 Å². The van der Waals surface area contributed by atoms with E-state index in [1.54, 1.807) is 7.11 Å². The molecule has 2 heterocycles. The van der Waals surface area contributed by atoms with E-state index in [-0.39, 0.29) is 24.4 Å². The van der Waals surface area contributed by atoms with E-state index < -0.39 is 0 Å². The third-order valence-electron chi connectivity index (χ3n) is 7.22. The van der Waals surface area contributed by atoms with Crippen LogP contribution < -0.4 is 25.8 Å². The molecule has 7 nitrogen and oxygen atoms in total. The summed E-state index contributed by atoms with van der Waals surface area (Å²) < 4.78 is 25.5. The third-order valence-corrected chi connectivity index (χ3v) is 7.22. The first-order valence-electron chi connectivity index (χ1n) is 12.2. The van der Waals surface area contributed by atoms with E-state index in [4.69, 9.17) is 15.2 Å². The molecule has 1 aromatic heterocycles. The summed E-state index contributed by atoms with van der Waals surface area (Å²) in [6, 6.07) is 11.7. The fourth-order valence-electron chi connectivity index (χ4n) is 5.19. The Balaban J connectivity index is 1.16. The predicted octanol–water partition coefficient (Wildman–Crippen LogP) is 3.93. The quantitative estimate of drug-likeness (QED) is 0.476. The van der Waals surface area contributed by atoms with Crippen molar-refractivity contribution in [3.05, 3.63) is 59.5 Å². The number of rotatable bonds is 7. The number of hydrogen-bond donors (Lipinski definition) is 3. The highest BCUT2D eigenvalue weighted by atomic mass is 19.1. The standard InChI is InChI=1S/C27H31FN4O3/c1-34-19-7-8-24-21(11-19)20(22(28)14-31-24)12-23(29)17-3-5-18(6-4-17)30-13-16-2-9-26-25(10-16)32-27(33)15-35-26/h2,7-11,14,17-18,23,30H,3-6,12-13,15,29H2,1H3,(H,32,33)/t17-,18-,23-/m0/s1. The summed E-state index contributed by atoms with van der Waals surface area (Å²) in [5, 5.41) is 7.25. The Kier molecular flexibility index (Phi) is 6.83. The van der Waals surface area contributed by atoms with Crippen molar-refractivity contribution in [1.29, 1.82) is 0 Å². The zero-order chi connectivity index (χ0) is 24.4. The number of hydrogen-bond acceptors (Lipinski definition) is 6. The molecule has 184 valence electrons. The Morgan fingerprint density at radius 1 is 1.23 bits per heavy atom. The topological polar surface area (TPSA) is 98.5 Å². The van der Waals surface area contributed by atoms with Crippen LogP contribution in [0.3, 0.4) is 0 Å². The van der Waals surface area contributed by atoms with Gasteiger partial charge < -0.3 is 25.8 Å². The second-order valence-electron chi connectivity index (χ2n) is 9.50. The monoisotopic (exact) mass is 478 g/mol. The van der Waals surface area contributed by atoms with Gasteiger partial charge in [0.15, 0.2) is 6.61 Å². The summed E-state index contributed by atoms with van der Waals surface area (Å²) in [6.07, 6.45) is 5.81. The van der Waals surface area contributed by atoms with Gasteiger partial charge in [-0.1, -0.05) is 6.07 Å². The van der Waals surface area contributed by atoms with E-state index in [1.807, 2.05) is 36.4 Å². The molecule has 2 aliphatic rings. The normalized spacial score (nSPS) is 20.6. The van der Waals surface area contributed by atoms with Gasteiger partial charge in [0.05, 0.1) is 24.5 Å². The Morgan fingerprint density at radius 2 is 2.06 bits per heavy atom. The molecule has 35 heavy (non-hydrogen) atoms. The van der Waals surface area contributed by atoms with Crippen LogP contribution in [0, 0.1) is 11.7 Å². The van der Waals surface area contributed by atoms with Crippen LogP contribution >= 0.6 is 0 Å². The first-order valence-corrected chi connectivity index (χ1v) is 12.2. The summed E-state index contributed by atoms with van der Waals surface area (Å²) in [5.41, 5.74) is 9.80. The molecule has 3 aromatic rings. The number of carbonyl (C=O) groups excluding carboxylic acids is 1. The van der Waals surface area contributed by atoms with E-state index in [2.05, 4.69) is 15.6 Å². The van der Waals surface area contributed by atoms with E-state index in [1.165, 1.54) is 6.20 Å². The lowest BCUT2D eigenvalue weighted by molar-refractivity contribution is -0.118. The number of amides is 1. The molecule has 8 heteroatoms. The summed E-state index contributed by atoms with van der Waals surface area (Å²) in [4.78, 5) is 15.8. The average molecular weight is 479 g/mol. The van der Waals surface area contributed by atoms with Crippen molar-refractivity contribution < 1.29 is 18.7 Å². The van der Waals surface area contributed by atoms with Crippen molar-refractivity contribution in [2.45, 2.75) is 50.7 Å². The van der Waals surface area contributed by atoms with Crippen LogP contribution in [0.5, 0.6) is 11.5 Å². The fraction of sp³-hybridized carbons (Fsp3) is 0.407. The van der Waals surface area contributed by atoms with Crippen LogP contribution in [-0.4, -0.2) is 36.7 Å². The fourth-order valence-corrected chi connectivity index (χ4v) is 5.19. The molecule has 5 rings (SSSR count). The molecule has 0 saturated heterocycles. The van der Waals surface area contributed by atoms with Crippen LogP contribution in [0.2, 0.25) is 0 Å². The third kappa shape index (κ3) is 5.23. The van der Waals surface area contributed by atoms with Crippen molar-refractivity contribution in [2.24, 2.45) is 11.7 Å². The molecule has 0 bridgehead atoms. The number of anilines is 1. The number of nitrogens with zero attached hydrogens (tertiary/aromatic N) is 1. The van der Waals surface area contributed by atoms with Crippen molar-refractivity contribution >= 4 is 22.5 Å². The van der Waals surface area contributed by atoms with Gasteiger partial charge in [0, 0.05) is 29.6 Å². The zero-order valence-corrected chi connectivity index (χ0v) is 19.9. The van der Waals surface area contributed by atoms with Gasteiger partial charge in [-0.15, -0.1) is 0 Å². The maximum Gasteiger partial charge on any atom is 0.262 e. The number of nitrogens with one attached hydrogen (secondary N) is 2. The molecule has 0 unspecified atom stereocenters. The number of benzene rings is 2. The van der Waals surface area contributed by atoms with Gasteiger partial charge >= 0.3 is 0 Å². The highest BCUT2D eigenvalue weighted by Gasteiger charge is 2.27. The Hall–Kier alpha value is -3.23. The Labute approximate surface area is 204 Å². The van der Waals surface area contributed by atoms with Crippen molar-refractivity contribution in [3.8, 4) is 11.5 Å². The number of halogens is 1. The molecule has 1 fully saturated rings. The molecule has 0 spiro atoms. The van der Waals surface area contributed by atoms with Crippen LogP contribution in [0.25, 0.3) is 10.9 Å². The van der Waals surface area contributed by atoms with Crippen molar-refractivity contribution in [1.82, 2.24) is 10.3 Å². The molecule has 1 amide bonds. The molecule has 4 N–H and O–H groups in total. The maximum atomic E-state index is 14.7. The van der Waals surface area contributed by atoms with Gasteiger partial charge in [-0.25, -0.2) is 4.39 Å². The Morgan fingerprint density at radius 3 is 2.86 bits per heavy atom. The second-order valence-corrected chi connectivity index (χ2v) is 9.50. The van der Waals surface area contributed by atoms with E-state index in [0.29, 0.717) is 35.4 Å². The maximum absolute atomic E-state index is 14.7. The summed E-state index contributed by atoms with van der Waals surface area (Å²) in [5.74, 6) is 1.29. The lowest BCUT2D eigenvalue weighted by atomic mass is 9.79. The largest absolute Gasteiger partial charge is 0.497 e. The van der Waals surface area contributed by atoms with E-state index in [0.717, 1.165) is 54.4 Å². The second kappa shape index (κ2) is 10.2. The van der Waals surface area contributed by atoms with Crippen LogP contribution in [0.4, 0.5) is 10.1 Å². The predicted molar refractivity (Wildman–Crippen MR) is 133 cm³/mol. The highest BCUT2D eigenvalue weighted by Crippen LogP contribution is 2.32. The van der Waals surface area contributed by atoms with Gasteiger partial charge in [0.25, 0.3) is 5.91 Å². The number of pyridine rings is 1. The highest BCUT2D eigenvalue weighted by molar-refractivity contribution is 5.95. The van der Waals surface area contributed by atoms with Crippen molar-refractivity contribution in [3.63, 3.8) is 0 Å². The number of aromatic nitrogens is 1. The zero-order valence-electron chi connectivity index (χ0n) is 19.9. The van der Waals surface area contributed by atoms with Gasteiger partial charge in [-0.2, -0.15) is 0 Å². The van der Waals surface area contributed by atoms with E-state index >= 15 is 0 Å². The summed E-state index contributed by atoms with van der Waals surface area (Å²) >= 11 is 0. The van der Waals surface area contributed by atoms with Gasteiger partial charge in [0.1, 0.15) is 17.3 Å². The lowest BCUT2D eigenvalue weighted by Gasteiger charge is -2.33. The minimum Gasteiger partial charge on any atom is -0.497 e. The Bertz CT molecular complexity index is 1230. The molecule has 0 radical (unpaired) electrons. The molecular formula is C27H31FN4O3. The molecule has 1 aliphatic heterocycles. The number of fused-ring (bicyclic) bond motifs is 2. The smallest absolute Gasteiger partial charge is 0.262 e. The molecule has 1 saturated carbocycles. The first-order chi connectivity index (χ1) is 17.0. The van der Waals surface area contributed by atoms with Gasteiger partial charge in [-0.05, 0) is 73.9 Å². The number of carbonyl (C=O) groups is 1. The molecule has 2 aromatic carbocycles. The van der Waals surface area contributed by atoms with Gasteiger partial charge in [-0.3, -0.25) is 9.78 Å². The minimum absolute atomic E-state index is 0.0637.